The Morgan fingerprint density at radius 2 is 1.83 bits per heavy atom. The number of aliphatic hydroxyl groups is 1. The fourth-order valence-corrected chi connectivity index (χ4v) is 4.29. The molecule has 0 aliphatic heterocycles. The molecule has 14 heteroatoms. The number of nitrogens with two attached hydrogens (primary N) is 1. The van der Waals surface area contributed by atoms with E-state index in [1.165, 1.54) is 31.4 Å². The molecule has 0 spiro atoms. The van der Waals surface area contributed by atoms with Gasteiger partial charge in [-0.15, -0.1) is 0 Å². The van der Waals surface area contributed by atoms with Gasteiger partial charge in [-0.2, -0.15) is 13.2 Å². The lowest BCUT2D eigenvalue weighted by Crippen LogP contribution is -2.51. The van der Waals surface area contributed by atoms with Crippen LogP contribution in [-0.4, -0.2) is 53.5 Å². The highest BCUT2D eigenvalue weighted by atomic mass is 19.4. The second-order valence-corrected chi connectivity index (χ2v) is 9.28. The van der Waals surface area contributed by atoms with E-state index in [0.717, 1.165) is 18.2 Å². The summed E-state index contributed by atoms with van der Waals surface area (Å²) in [5.41, 5.74) is 0.733. The minimum Gasteiger partial charge on any atom is -0.494 e. The summed E-state index contributed by atoms with van der Waals surface area (Å²) in [5, 5.41) is 17.5. The topological polar surface area (TPSA) is 150 Å². The van der Waals surface area contributed by atoms with Gasteiger partial charge in [0.25, 0.3) is 5.91 Å². The maximum atomic E-state index is 14.6. The van der Waals surface area contributed by atoms with Gasteiger partial charge in [-0.05, 0) is 56.3 Å². The standard InChI is InChI=1S/C28H26F4N4O6/c1-4-41-25-16(12-22(33)37)11-21(35-23(25)15-5-7-18(29)8-6-15)27(39,28(30,31)32)13-34-26(38)17-9-19-14(2)42-36-24(19)20(10-17)40-3/h5-11,39H,4,12-13H2,1-3H3,(H2,33,37)(H,34,38)/t27-/m0/s1. The molecule has 0 unspecified atom stereocenters. The molecule has 0 bridgehead atoms. The van der Waals surface area contributed by atoms with Gasteiger partial charge < -0.3 is 30.2 Å². The van der Waals surface area contributed by atoms with E-state index in [2.05, 4.69) is 15.5 Å². The lowest BCUT2D eigenvalue weighted by Gasteiger charge is -2.31. The minimum absolute atomic E-state index is 0.0417. The number of amides is 2. The SMILES string of the molecule is CCOc1c(CC(N)=O)cc([C@@](O)(CNC(=O)c2cc(OC)c3noc(C)c3c2)C(F)(F)F)nc1-c1ccc(F)cc1. The number of ether oxygens (including phenoxy) is 2. The average molecular weight is 591 g/mol. The molecule has 0 aliphatic rings. The second-order valence-electron chi connectivity index (χ2n) is 9.28. The van der Waals surface area contributed by atoms with Crippen molar-refractivity contribution < 1.29 is 46.3 Å². The van der Waals surface area contributed by atoms with Gasteiger partial charge >= 0.3 is 6.18 Å². The first-order valence-corrected chi connectivity index (χ1v) is 12.5. The predicted molar refractivity (Wildman–Crippen MR) is 141 cm³/mol. The first-order chi connectivity index (χ1) is 19.8. The van der Waals surface area contributed by atoms with Crippen LogP contribution >= 0.6 is 0 Å². The molecule has 4 aromatic rings. The average Bonchev–Trinajstić information content (AvgIpc) is 3.31. The number of aromatic nitrogens is 2. The largest absolute Gasteiger partial charge is 0.494 e. The maximum absolute atomic E-state index is 14.6. The fraction of sp³-hybridized carbons (Fsp3) is 0.286. The van der Waals surface area contributed by atoms with Crippen LogP contribution in [0.4, 0.5) is 17.6 Å². The number of pyridine rings is 1. The van der Waals surface area contributed by atoms with Crippen molar-refractivity contribution >= 4 is 22.7 Å². The molecule has 0 aliphatic carbocycles. The van der Waals surface area contributed by atoms with E-state index < -0.39 is 48.1 Å². The molecule has 222 valence electrons. The lowest BCUT2D eigenvalue weighted by atomic mass is 9.93. The van der Waals surface area contributed by atoms with Crippen LogP contribution in [-0.2, 0) is 16.8 Å². The van der Waals surface area contributed by atoms with E-state index in [1.807, 2.05) is 0 Å². The number of alkyl halides is 3. The quantitative estimate of drug-likeness (QED) is 0.235. The smallest absolute Gasteiger partial charge is 0.424 e. The first-order valence-electron chi connectivity index (χ1n) is 12.5. The van der Waals surface area contributed by atoms with Crippen molar-refractivity contribution in [1.29, 1.82) is 0 Å². The normalized spacial score (nSPS) is 13.0. The zero-order valence-electron chi connectivity index (χ0n) is 22.6. The third kappa shape index (κ3) is 5.84. The highest BCUT2D eigenvalue weighted by Crippen LogP contribution is 2.42. The van der Waals surface area contributed by atoms with Gasteiger partial charge in [0.15, 0.2) is 5.52 Å². The molecule has 0 radical (unpaired) electrons. The molecule has 0 saturated heterocycles. The van der Waals surface area contributed by atoms with Crippen molar-refractivity contribution in [2.75, 3.05) is 20.3 Å². The van der Waals surface area contributed by atoms with Gasteiger partial charge in [0.2, 0.25) is 11.5 Å². The molecule has 2 heterocycles. The van der Waals surface area contributed by atoms with Crippen molar-refractivity contribution in [3.05, 3.63) is 70.9 Å². The number of methoxy groups -OCH3 is 1. The number of nitrogens with one attached hydrogen (secondary N) is 1. The number of benzene rings is 2. The number of aryl methyl sites for hydroxylation is 1. The lowest BCUT2D eigenvalue weighted by molar-refractivity contribution is -0.265. The van der Waals surface area contributed by atoms with Crippen molar-refractivity contribution in [2.45, 2.75) is 32.0 Å². The van der Waals surface area contributed by atoms with Gasteiger partial charge in [0.05, 0.1) is 32.4 Å². The van der Waals surface area contributed by atoms with Crippen LogP contribution in [0.25, 0.3) is 22.2 Å². The fourth-order valence-electron chi connectivity index (χ4n) is 4.29. The van der Waals surface area contributed by atoms with Crippen molar-refractivity contribution in [3.8, 4) is 22.8 Å². The summed E-state index contributed by atoms with van der Waals surface area (Å²) in [4.78, 5) is 28.9. The summed E-state index contributed by atoms with van der Waals surface area (Å²) in [6, 6.07) is 8.10. The Labute approximate surface area is 236 Å². The Morgan fingerprint density at radius 3 is 2.43 bits per heavy atom. The number of primary amides is 1. The van der Waals surface area contributed by atoms with Gasteiger partial charge in [-0.1, -0.05) is 5.16 Å². The van der Waals surface area contributed by atoms with E-state index in [-0.39, 0.29) is 40.5 Å². The third-order valence-electron chi connectivity index (χ3n) is 6.43. The summed E-state index contributed by atoms with van der Waals surface area (Å²) in [7, 11) is 1.32. The van der Waals surface area contributed by atoms with E-state index in [9.17, 15) is 32.3 Å². The second kappa shape index (κ2) is 11.6. The molecule has 4 rings (SSSR count). The number of hydrogen-bond donors (Lipinski definition) is 3. The monoisotopic (exact) mass is 590 g/mol. The molecule has 0 saturated carbocycles. The zero-order valence-corrected chi connectivity index (χ0v) is 22.6. The van der Waals surface area contributed by atoms with Gasteiger partial charge in [0, 0.05) is 22.1 Å². The molecular formula is C28H26F4N4O6. The Balaban J connectivity index is 1.81. The molecule has 2 aromatic carbocycles. The number of hydrogen-bond acceptors (Lipinski definition) is 8. The van der Waals surface area contributed by atoms with Gasteiger partial charge in [-0.3, -0.25) is 9.59 Å². The number of carbonyl (C=O) groups is 2. The Bertz CT molecular complexity index is 1640. The molecule has 10 nitrogen and oxygen atoms in total. The Kier molecular flexibility index (Phi) is 8.38. The molecule has 42 heavy (non-hydrogen) atoms. The summed E-state index contributed by atoms with van der Waals surface area (Å²) < 4.78 is 73.2. The van der Waals surface area contributed by atoms with Crippen LogP contribution in [0.3, 0.4) is 0 Å². The summed E-state index contributed by atoms with van der Waals surface area (Å²) in [6.07, 6.45) is -5.92. The maximum Gasteiger partial charge on any atom is 0.424 e. The van der Waals surface area contributed by atoms with E-state index in [0.29, 0.717) is 16.7 Å². The molecule has 0 fully saturated rings. The zero-order chi connectivity index (χ0) is 30.8. The van der Waals surface area contributed by atoms with Crippen molar-refractivity contribution in [3.63, 3.8) is 0 Å². The number of carbonyl (C=O) groups excluding carboxylic acids is 2. The Morgan fingerprint density at radius 1 is 1.14 bits per heavy atom. The van der Waals surface area contributed by atoms with E-state index in [4.69, 9.17) is 19.7 Å². The summed E-state index contributed by atoms with van der Waals surface area (Å²) >= 11 is 0. The van der Waals surface area contributed by atoms with E-state index >= 15 is 0 Å². The molecule has 4 N–H and O–H groups in total. The van der Waals surface area contributed by atoms with Gasteiger partial charge in [-0.25, -0.2) is 9.37 Å². The van der Waals surface area contributed by atoms with Crippen LogP contribution in [0.15, 0.2) is 47.0 Å². The third-order valence-corrected chi connectivity index (χ3v) is 6.43. The Hall–Kier alpha value is -4.72. The van der Waals surface area contributed by atoms with Gasteiger partial charge in [0.1, 0.15) is 28.8 Å². The number of rotatable bonds is 10. The number of fused-ring (bicyclic) bond motifs is 1. The number of halogens is 4. The molecule has 2 aromatic heterocycles. The van der Waals surface area contributed by atoms with Crippen LogP contribution in [0, 0.1) is 12.7 Å². The van der Waals surface area contributed by atoms with Crippen molar-refractivity contribution in [2.24, 2.45) is 5.73 Å². The molecule has 1 atom stereocenters. The highest BCUT2D eigenvalue weighted by molar-refractivity contribution is 6.00. The first kappa shape index (κ1) is 30.2. The summed E-state index contributed by atoms with van der Waals surface area (Å²) in [5.74, 6) is -2.05. The molecular weight excluding hydrogens is 564 g/mol. The highest BCUT2D eigenvalue weighted by Gasteiger charge is 2.56. The van der Waals surface area contributed by atoms with Crippen LogP contribution in [0.1, 0.15) is 34.3 Å². The van der Waals surface area contributed by atoms with Crippen LogP contribution < -0.4 is 20.5 Å². The predicted octanol–water partition coefficient (Wildman–Crippen LogP) is 3.95. The summed E-state index contributed by atoms with van der Waals surface area (Å²) in [6.45, 7) is 1.86. The molecule has 2 amide bonds. The van der Waals surface area contributed by atoms with Crippen LogP contribution in [0.5, 0.6) is 11.5 Å². The van der Waals surface area contributed by atoms with Crippen LogP contribution in [0.2, 0.25) is 0 Å². The number of nitrogens with zero attached hydrogens (tertiary/aromatic N) is 2. The van der Waals surface area contributed by atoms with E-state index in [1.54, 1.807) is 13.8 Å². The minimum atomic E-state index is -5.36. The van der Waals surface area contributed by atoms with Crippen molar-refractivity contribution in [1.82, 2.24) is 15.5 Å².